The van der Waals surface area contributed by atoms with Gasteiger partial charge in [-0.3, -0.25) is 4.79 Å². The van der Waals surface area contributed by atoms with Gasteiger partial charge < -0.3 is 14.2 Å². The van der Waals surface area contributed by atoms with Gasteiger partial charge in [-0.25, -0.2) is 14.4 Å². The maximum atomic E-state index is 14.8. The molecule has 6 nitrogen and oxygen atoms in total. The summed E-state index contributed by atoms with van der Waals surface area (Å²) in [7, 11) is 1.84. The van der Waals surface area contributed by atoms with E-state index in [1.54, 1.807) is 29.2 Å². The summed E-state index contributed by atoms with van der Waals surface area (Å²) >= 11 is 0. The molecule has 0 spiro atoms. The second-order valence-corrected chi connectivity index (χ2v) is 8.40. The number of benzene rings is 2. The van der Waals surface area contributed by atoms with Gasteiger partial charge in [0.05, 0.1) is 17.5 Å². The second-order valence-electron chi connectivity index (χ2n) is 8.40. The molecule has 0 atom stereocenters. The third kappa shape index (κ3) is 4.50. The monoisotopic (exact) mass is 444 g/mol. The highest BCUT2D eigenvalue weighted by Crippen LogP contribution is 2.27. The van der Waals surface area contributed by atoms with Crippen molar-refractivity contribution >= 4 is 16.8 Å². The van der Waals surface area contributed by atoms with Gasteiger partial charge in [0.1, 0.15) is 11.5 Å². The predicted octanol–water partition coefficient (Wildman–Crippen LogP) is 4.60. The molecule has 4 aromatic rings. The van der Waals surface area contributed by atoms with Crippen molar-refractivity contribution in [1.82, 2.24) is 19.4 Å². The molecule has 3 heterocycles. The number of imidazole rings is 1. The zero-order valence-corrected chi connectivity index (χ0v) is 18.4. The van der Waals surface area contributed by atoms with E-state index >= 15 is 0 Å². The lowest BCUT2D eigenvalue weighted by Crippen LogP contribution is -2.43. The van der Waals surface area contributed by atoms with E-state index in [-0.39, 0.29) is 17.8 Å². The SMILES string of the molecule is Cn1cnc(C(=O)N(Cc2ccc(F)c(-c3ccc4ccccc4n3)c2)C2CCOCC2)c1. The number of hydrogen-bond acceptors (Lipinski definition) is 4. The molecule has 33 heavy (non-hydrogen) atoms. The minimum Gasteiger partial charge on any atom is -0.381 e. The standard InChI is InChI=1S/C26H25FN4O2/c1-30-16-25(28-17-30)26(32)31(20-10-12-33-13-11-20)15-18-6-8-22(27)21(14-18)24-9-7-19-4-2-3-5-23(19)29-24/h2-9,14,16-17,20H,10-13,15H2,1H3. The maximum Gasteiger partial charge on any atom is 0.274 e. The van der Waals surface area contributed by atoms with E-state index < -0.39 is 0 Å². The van der Waals surface area contributed by atoms with Gasteiger partial charge >= 0.3 is 0 Å². The number of para-hydroxylation sites is 1. The van der Waals surface area contributed by atoms with Gasteiger partial charge in [-0.1, -0.05) is 30.3 Å². The van der Waals surface area contributed by atoms with Crippen molar-refractivity contribution in [3.8, 4) is 11.3 Å². The number of carbonyl (C=O) groups excluding carboxylic acids is 1. The number of carbonyl (C=O) groups is 1. The fourth-order valence-corrected chi connectivity index (χ4v) is 4.31. The van der Waals surface area contributed by atoms with Gasteiger partial charge in [-0.15, -0.1) is 0 Å². The Balaban J connectivity index is 1.48. The third-order valence-corrected chi connectivity index (χ3v) is 6.07. The lowest BCUT2D eigenvalue weighted by Gasteiger charge is -2.34. The van der Waals surface area contributed by atoms with Crippen molar-refractivity contribution in [2.24, 2.45) is 7.05 Å². The lowest BCUT2D eigenvalue weighted by molar-refractivity contribution is 0.0264. The minimum absolute atomic E-state index is 0.0422. The van der Waals surface area contributed by atoms with Crippen molar-refractivity contribution < 1.29 is 13.9 Å². The molecule has 1 aliphatic heterocycles. The normalized spacial score (nSPS) is 14.5. The van der Waals surface area contributed by atoms with Gasteiger partial charge in [-0.05, 0) is 42.7 Å². The number of halogens is 1. The summed E-state index contributed by atoms with van der Waals surface area (Å²) in [4.78, 5) is 24.1. The number of nitrogens with zero attached hydrogens (tertiary/aromatic N) is 4. The molecule has 168 valence electrons. The predicted molar refractivity (Wildman–Crippen MR) is 124 cm³/mol. The van der Waals surface area contributed by atoms with Crippen LogP contribution in [0.1, 0.15) is 28.9 Å². The number of hydrogen-bond donors (Lipinski definition) is 0. The summed E-state index contributed by atoms with van der Waals surface area (Å²) in [6, 6.07) is 16.6. The molecular formula is C26H25FN4O2. The topological polar surface area (TPSA) is 60.2 Å². The van der Waals surface area contributed by atoms with Crippen LogP contribution in [0.15, 0.2) is 67.1 Å². The minimum atomic E-state index is -0.338. The average Bonchev–Trinajstić information content (AvgIpc) is 3.29. The van der Waals surface area contributed by atoms with E-state index in [9.17, 15) is 9.18 Å². The van der Waals surface area contributed by atoms with Gasteiger partial charge in [0.25, 0.3) is 5.91 Å². The van der Waals surface area contributed by atoms with Crippen LogP contribution in [0.2, 0.25) is 0 Å². The smallest absolute Gasteiger partial charge is 0.274 e. The van der Waals surface area contributed by atoms with E-state index in [2.05, 4.69) is 9.97 Å². The Labute approximate surface area is 191 Å². The molecule has 7 heteroatoms. The van der Waals surface area contributed by atoms with Crippen molar-refractivity contribution in [2.75, 3.05) is 13.2 Å². The molecule has 0 unspecified atom stereocenters. The fraction of sp³-hybridized carbons (Fsp3) is 0.269. The van der Waals surface area contributed by atoms with Crippen LogP contribution in [-0.4, -0.2) is 44.6 Å². The van der Waals surface area contributed by atoms with Crippen LogP contribution in [0, 0.1) is 5.82 Å². The quantitative estimate of drug-likeness (QED) is 0.452. The first-order valence-corrected chi connectivity index (χ1v) is 11.1. The highest BCUT2D eigenvalue weighted by molar-refractivity contribution is 5.92. The Bertz CT molecular complexity index is 1300. The molecule has 0 aliphatic carbocycles. The zero-order valence-electron chi connectivity index (χ0n) is 18.4. The number of fused-ring (bicyclic) bond motifs is 1. The molecule has 5 rings (SSSR count). The zero-order chi connectivity index (χ0) is 22.8. The van der Waals surface area contributed by atoms with Crippen LogP contribution in [0.3, 0.4) is 0 Å². The summed E-state index contributed by atoms with van der Waals surface area (Å²) in [5.74, 6) is -0.465. The summed E-state index contributed by atoms with van der Waals surface area (Å²) in [6.45, 7) is 1.60. The number of aromatic nitrogens is 3. The average molecular weight is 445 g/mol. The van der Waals surface area contributed by atoms with E-state index in [0.717, 1.165) is 29.3 Å². The van der Waals surface area contributed by atoms with E-state index in [1.165, 1.54) is 6.07 Å². The summed E-state index contributed by atoms with van der Waals surface area (Å²) in [5, 5.41) is 1.00. The van der Waals surface area contributed by atoms with Crippen LogP contribution in [0.25, 0.3) is 22.2 Å². The van der Waals surface area contributed by atoms with Gasteiger partial charge in [0.2, 0.25) is 0 Å². The Morgan fingerprint density at radius 1 is 1.15 bits per heavy atom. The first-order chi connectivity index (χ1) is 16.1. The van der Waals surface area contributed by atoms with Crippen LogP contribution in [-0.2, 0) is 18.3 Å². The Kier molecular flexibility index (Phi) is 5.88. The number of ether oxygens (including phenoxy) is 1. The number of rotatable bonds is 5. The first-order valence-electron chi connectivity index (χ1n) is 11.1. The molecule has 0 N–H and O–H groups in total. The Hall–Kier alpha value is -3.58. The summed E-state index contributed by atoms with van der Waals surface area (Å²) in [6.07, 6.45) is 4.87. The number of aryl methyl sites for hydroxylation is 1. The molecule has 2 aromatic heterocycles. The van der Waals surface area contributed by atoms with E-state index in [0.29, 0.717) is 36.7 Å². The Morgan fingerprint density at radius 2 is 1.97 bits per heavy atom. The third-order valence-electron chi connectivity index (χ3n) is 6.07. The number of pyridine rings is 1. The van der Waals surface area contributed by atoms with Crippen LogP contribution < -0.4 is 0 Å². The van der Waals surface area contributed by atoms with Gasteiger partial charge in [0.15, 0.2) is 0 Å². The summed E-state index contributed by atoms with van der Waals surface area (Å²) in [5.41, 5.74) is 3.06. The van der Waals surface area contributed by atoms with Gasteiger partial charge in [0, 0.05) is 50.0 Å². The van der Waals surface area contributed by atoms with Crippen molar-refractivity contribution in [2.45, 2.75) is 25.4 Å². The first kappa shape index (κ1) is 21.3. The molecule has 0 radical (unpaired) electrons. The maximum absolute atomic E-state index is 14.8. The molecule has 2 aromatic carbocycles. The van der Waals surface area contributed by atoms with Crippen molar-refractivity contribution in [3.05, 3.63) is 84.2 Å². The Morgan fingerprint density at radius 3 is 2.76 bits per heavy atom. The largest absolute Gasteiger partial charge is 0.381 e. The van der Waals surface area contributed by atoms with E-state index in [1.807, 2.05) is 48.3 Å². The molecule has 0 bridgehead atoms. The molecular weight excluding hydrogens is 419 g/mol. The van der Waals surface area contributed by atoms with Crippen molar-refractivity contribution in [3.63, 3.8) is 0 Å². The molecule has 0 saturated carbocycles. The molecule has 1 saturated heterocycles. The van der Waals surface area contributed by atoms with Crippen LogP contribution in [0.5, 0.6) is 0 Å². The van der Waals surface area contributed by atoms with E-state index in [4.69, 9.17) is 4.74 Å². The van der Waals surface area contributed by atoms with Crippen LogP contribution >= 0.6 is 0 Å². The lowest BCUT2D eigenvalue weighted by atomic mass is 10.0. The number of amides is 1. The fourth-order valence-electron chi connectivity index (χ4n) is 4.31. The molecule has 1 amide bonds. The molecule has 1 fully saturated rings. The highest BCUT2D eigenvalue weighted by Gasteiger charge is 2.28. The van der Waals surface area contributed by atoms with Gasteiger partial charge in [-0.2, -0.15) is 0 Å². The van der Waals surface area contributed by atoms with Crippen molar-refractivity contribution in [1.29, 1.82) is 0 Å². The highest BCUT2D eigenvalue weighted by atomic mass is 19.1. The van der Waals surface area contributed by atoms with Crippen LogP contribution in [0.4, 0.5) is 4.39 Å². The summed E-state index contributed by atoms with van der Waals surface area (Å²) < 4.78 is 22.1. The molecule has 1 aliphatic rings. The second kappa shape index (κ2) is 9.11.